The van der Waals surface area contributed by atoms with Crippen LogP contribution >= 0.6 is 0 Å². The molecule has 0 saturated carbocycles. The summed E-state index contributed by atoms with van der Waals surface area (Å²) >= 11 is 0. The van der Waals surface area contributed by atoms with Gasteiger partial charge in [-0.3, -0.25) is 14.5 Å². The van der Waals surface area contributed by atoms with Crippen LogP contribution in [-0.4, -0.2) is 13.9 Å². The number of nitro groups is 1. The van der Waals surface area contributed by atoms with Gasteiger partial charge in [-0.2, -0.15) is 5.26 Å². The number of nitro benzene ring substituents is 1. The molecule has 6 heteroatoms. The van der Waals surface area contributed by atoms with Crippen molar-refractivity contribution in [3.8, 4) is 28.5 Å². The molecule has 6 nitrogen and oxygen atoms in total. The zero-order chi connectivity index (χ0) is 28.0. The lowest BCUT2D eigenvalue weighted by atomic mass is 9.86. The van der Waals surface area contributed by atoms with Crippen LogP contribution < -0.4 is 0 Å². The number of fused-ring (bicyclic) bond motifs is 3. The number of nitriles is 1. The summed E-state index contributed by atoms with van der Waals surface area (Å²) in [5, 5.41) is 22.0. The molecule has 4 aromatic carbocycles. The molecule has 0 aliphatic carbocycles. The minimum Gasteiger partial charge on any atom is -0.321 e. The highest BCUT2D eigenvalue weighted by Crippen LogP contribution is 2.42. The van der Waals surface area contributed by atoms with Crippen LogP contribution in [0.25, 0.3) is 39.1 Å². The fourth-order valence-electron chi connectivity index (χ4n) is 5.51. The normalized spacial score (nSPS) is 11.7. The molecule has 0 bridgehead atoms. The van der Waals surface area contributed by atoms with Gasteiger partial charge in [0.25, 0.3) is 5.69 Å². The molecule has 0 unspecified atom stereocenters. The van der Waals surface area contributed by atoms with Crippen LogP contribution in [0.3, 0.4) is 0 Å². The van der Waals surface area contributed by atoms with Crippen LogP contribution in [0.2, 0.25) is 0 Å². The largest absolute Gasteiger partial charge is 0.321 e. The lowest BCUT2D eigenvalue weighted by molar-refractivity contribution is -0.384. The highest BCUT2D eigenvalue weighted by atomic mass is 16.6. The first-order valence-electron chi connectivity index (χ1n) is 13.2. The molecular formula is C34H28N4O2. The van der Waals surface area contributed by atoms with E-state index in [1.54, 1.807) is 12.1 Å². The Hall–Kier alpha value is -5.15. The van der Waals surface area contributed by atoms with E-state index < -0.39 is 4.92 Å². The van der Waals surface area contributed by atoms with Crippen LogP contribution in [0.4, 0.5) is 5.69 Å². The van der Waals surface area contributed by atoms with Gasteiger partial charge in [0.05, 0.1) is 27.2 Å². The van der Waals surface area contributed by atoms with Gasteiger partial charge in [-0.05, 0) is 46.4 Å². The molecule has 0 atom stereocenters. The second-order valence-electron chi connectivity index (χ2n) is 11.1. The van der Waals surface area contributed by atoms with Crippen molar-refractivity contribution in [3.05, 3.63) is 130 Å². The molecule has 2 aromatic heterocycles. The molecule has 0 spiro atoms. The smallest absolute Gasteiger partial charge is 0.269 e. The number of nitrogens with zero attached hydrogens (tertiary/aromatic N) is 4. The van der Waals surface area contributed by atoms with E-state index in [1.807, 2.05) is 30.3 Å². The molecule has 0 amide bonds. The third-order valence-electron chi connectivity index (χ3n) is 7.50. The first-order valence-corrected chi connectivity index (χ1v) is 13.2. The summed E-state index contributed by atoms with van der Waals surface area (Å²) in [5.74, 6) is 0. The third kappa shape index (κ3) is 4.13. The van der Waals surface area contributed by atoms with Gasteiger partial charge in [0, 0.05) is 29.8 Å². The van der Waals surface area contributed by atoms with E-state index in [0.29, 0.717) is 12.1 Å². The van der Waals surface area contributed by atoms with Crippen molar-refractivity contribution >= 4 is 22.4 Å². The topological polar surface area (TPSA) is 76.3 Å². The van der Waals surface area contributed by atoms with E-state index in [0.717, 1.165) is 44.6 Å². The summed E-state index contributed by atoms with van der Waals surface area (Å²) < 4.78 is 4.42. The highest BCUT2D eigenvalue weighted by Gasteiger charge is 2.27. The van der Waals surface area contributed by atoms with Gasteiger partial charge in [0.1, 0.15) is 11.7 Å². The van der Waals surface area contributed by atoms with Crippen molar-refractivity contribution in [1.29, 1.82) is 5.26 Å². The Kier molecular flexibility index (Phi) is 6.00. The zero-order valence-corrected chi connectivity index (χ0v) is 22.6. The van der Waals surface area contributed by atoms with Gasteiger partial charge in [0.15, 0.2) is 0 Å². The van der Waals surface area contributed by atoms with Crippen LogP contribution in [-0.2, 0) is 12.0 Å². The molecule has 2 heterocycles. The number of hydrogen-bond donors (Lipinski definition) is 0. The number of imidazole rings is 1. The van der Waals surface area contributed by atoms with Crippen LogP contribution in [0.15, 0.2) is 103 Å². The average Bonchev–Trinajstić information content (AvgIpc) is 3.46. The standard InChI is InChI=1S/C34H28N4O2/c1-34(2,3)26-17-13-24(14-18-26)31-28(21-35)32(25-15-19-27(20-16-25)38(39)40)37-30-12-8-7-11-29(30)36(33(31)37)22-23-9-5-4-6-10-23/h4-20H,22H2,1-3H3. The number of hydrogen-bond acceptors (Lipinski definition) is 3. The second kappa shape index (κ2) is 9.55. The molecule has 0 fully saturated rings. The van der Waals surface area contributed by atoms with Gasteiger partial charge in [-0.15, -0.1) is 0 Å². The predicted octanol–water partition coefficient (Wildman–Crippen LogP) is 8.35. The maximum atomic E-state index is 11.4. The van der Waals surface area contributed by atoms with Crippen LogP contribution in [0.1, 0.15) is 37.5 Å². The van der Waals surface area contributed by atoms with Crippen molar-refractivity contribution in [2.24, 2.45) is 0 Å². The Balaban J connectivity index is 1.73. The second-order valence-corrected chi connectivity index (χ2v) is 11.1. The Labute approximate surface area is 232 Å². The lowest BCUT2D eigenvalue weighted by Gasteiger charge is -2.19. The number of non-ortho nitro benzene ring substituents is 1. The Morgan fingerprint density at radius 1 is 0.800 bits per heavy atom. The fraction of sp³-hybridized carbons (Fsp3) is 0.147. The summed E-state index contributed by atoms with van der Waals surface area (Å²) in [7, 11) is 0. The first kappa shape index (κ1) is 25.1. The fourth-order valence-corrected chi connectivity index (χ4v) is 5.51. The van der Waals surface area contributed by atoms with Crippen molar-refractivity contribution < 1.29 is 4.92 Å². The molecule has 6 aromatic rings. The Morgan fingerprint density at radius 2 is 1.40 bits per heavy atom. The van der Waals surface area contributed by atoms with Crippen LogP contribution in [0.5, 0.6) is 0 Å². The number of benzene rings is 4. The zero-order valence-electron chi connectivity index (χ0n) is 22.6. The summed E-state index contributed by atoms with van der Waals surface area (Å²) in [5.41, 5.74) is 9.12. The van der Waals surface area contributed by atoms with E-state index in [4.69, 9.17) is 0 Å². The Bertz CT molecular complexity index is 1920. The molecule has 0 aliphatic rings. The van der Waals surface area contributed by atoms with Gasteiger partial charge in [-0.1, -0.05) is 87.5 Å². The quantitative estimate of drug-likeness (QED) is 0.168. The van der Waals surface area contributed by atoms with Gasteiger partial charge < -0.3 is 4.57 Å². The molecule has 40 heavy (non-hydrogen) atoms. The molecule has 6 rings (SSSR count). The van der Waals surface area contributed by atoms with E-state index in [1.165, 1.54) is 17.7 Å². The van der Waals surface area contributed by atoms with E-state index in [-0.39, 0.29) is 11.1 Å². The summed E-state index contributed by atoms with van der Waals surface area (Å²) in [6.07, 6.45) is 0. The third-order valence-corrected chi connectivity index (χ3v) is 7.50. The van der Waals surface area contributed by atoms with Crippen molar-refractivity contribution in [1.82, 2.24) is 8.97 Å². The molecule has 0 aliphatic heterocycles. The van der Waals surface area contributed by atoms with Gasteiger partial charge >= 0.3 is 0 Å². The molecular weight excluding hydrogens is 496 g/mol. The maximum absolute atomic E-state index is 11.4. The number of para-hydroxylation sites is 2. The molecule has 196 valence electrons. The minimum atomic E-state index is -0.406. The summed E-state index contributed by atoms with van der Waals surface area (Å²) in [6.45, 7) is 7.18. The summed E-state index contributed by atoms with van der Waals surface area (Å²) in [4.78, 5) is 11.0. The van der Waals surface area contributed by atoms with Crippen molar-refractivity contribution in [2.45, 2.75) is 32.7 Å². The molecule has 0 saturated heterocycles. The van der Waals surface area contributed by atoms with Gasteiger partial charge in [-0.25, -0.2) is 0 Å². The van der Waals surface area contributed by atoms with Crippen molar-refractivity contribution in [2.75, 3.05) is 0 Å². The number of aromatic nitrogens is 2. The molecule has 0 N–H and O–H groups in total. The minimum absolute atomic E-state index is 0.00119. The van der Waals surface area contributed by atoms with E-state index >= 15 is 0 Å². The lowest BCUT2D eigenvalue weighted by Crippen LogP contribution is -2.10. The van der Waals surface area contributed by atoms with Gasteiger partial charge in [0.2, 0.25) is 0 Å². The first-order chi connectivity index (χ1) is 19.3. The molecule has 0 radical (unpaired) electrons. The monoisotopic (exact) mass is 524 g/mol. The predicted molar refractivity (Wildman–Crippen MR) is 159 cm³/mol. The van der Waals surface area contributed by atoms with E-state index in [9.17, 15) is 15.4 Å². The van der Waals surface area contributed by atoms with Crippen molar-refractivity contribution in [3.63, 3.8) is 0 Å². The van der Waals surface area contributed by atoms with Crippen LogP contribution in [0, 0.1) is 21.4 Å². The summed E-state index contributed by atoms with van der Waals surface area (Å²) in [6, 6.07) is 35.9. The Morgan fingerprint density at radius 3 is 2.00 bits per heavy atom. The van der Waals surface area contributed by atoms with E-state index in [2.05, 4.69) is 84.3 Å². The maximum Gasteiger partial charge on any atom is 0.269 e. The highest BCUT2D eigenvalue weighted by molar-refractivity contribution is 5.99. The average molecular weight is 525 g/mol. The number of rotatable bonds is 5. The SMILES string of the molecule is CC(C)(C)c1ccc(-c2c(C#N)c(-c3ccc([N+](=O)[O-])cc3)n3c4ccccc4n(Cc4ccccc4)c23)cc1.